The second kappa shape index (κ2) is 13.5. The summed E-state index contributed by atoms with van der Waals surface area (Å²) < 4.78 is 46.6. The molecule has 2 atom stereocenters. The lowest BCUT2D eigenvalue weighted by atomic mass is 10.0. The molecule has 256 valence electrons. The van der Waals surface area contributed by atoms with Crippen LogP contribution in [0.25, 0.3) is 0 Å². The predicted molar refractivity (Wildman–Crippen MR) is 171 cm³/mol. The molecule has 3 heterocycles. The predicted octanol–water partition coefficient (Wildman–Crippen LogP) is 4.34. The first-order valence-electron chi connectivity index (χ1n) is 15.8. The molecule has 1 aromatic heterocycles. The van der Waals surface area contributed by atoms with Crippen LogP contribution in [0.3, 0.4) is 0 Å². The molecule has 1 aliphatic carbocycles. The highest BCUT2D eigenvalue weighted by Gasteiger charge is 2.49. The minimum atomic E-state index is -3.58. The summed E-state index contributed by atoms with van der Waals surface area (Å²) >= 11 is 0. The zero-order chi connectivity index (χ0) is 34.1. The van der Waals surface area contributed by atoms with E-state index in [1.807, 2.05) is 0 Å². The van der Waals surface area contributed by atoms with Gasteiger partial charge in [-0.15, -0.1) is 0 Å². The molecule has 2 N–H and O–H groups in total. The molecular weight excluding hydrogens is 616 g/mol. The van der Waals surface area contributed by atoms with Crippen LogP contribution < -0.4 is 25.2 Å². The fourth-order valence-corrected chi connectivity index (χ4v) is 6.22. The number of nitrogens with one attached hydrogen (secondary N) is 2. The van der Waals surface area contributed by atoms with Crippen LogP contribution in [0.4, 0.5) is 36.7 Å². The second-order valence-electron chi connectivity index (χ2n) is 13.1. The first kappa shape index (κ1) is 34.1. The summed E-state index contributed by atoms with van der Waals surface area (Å²) in [6.45, 7) is 5.31. The Balaban J connectivity index is 1.31. The van der Waals surface area contributed by atoms with Crippen molar-refractivity contribution in [1.82, 2.24) is 20.2 Å². The van der Waals surface area contributed by atoms with Crippen LogP contribution in [0.1, 0.15) is 63.2 Å². The monoisotopic (exact) mass is 659 g/mol. The molecule has 1 saturated heterocycles. The van der Waals surface area contributed by atoms with Gasteiger partial charge in [-0.25, -0.2) is 9.78 Å². The van der Waals surface area contributed by atoms with Crippen LogP contribution >= 0.6 is 0 Å². The number of carbonyl (C=O) groups is 3. The number of piperidine rings is 1. The van der Waals surface area contributed by atoms with E-state index in [0.717, 1.165) is 30.6 Å². The number of benzene rings is 1. The van der Waals surface area contributed by atoms with Crippen molar-refractivity contribution < 1.29 is 37.4 Å². The van der Waals surface area contributed by atoms with E-state index in [-0.39, 0.29) is 42.0 Å². The first-order chi connectivity index (χ1) is 22.2. The Labute approximate surface area is 272 Å². The van der Waals surface area contributed by atoms with Gasteiger partial charge in [0.25, 0.3) is 11.8 Å². The molecule has 3 aliphatic rings. The van der Waals surface area contributed by atoms with Crippen LogP contribution in [0.5, 0.6) is 5.75 Å². The molecule has 2 aromatic rings. The van der Waals surface area contributed by atoms with Crippen molar-refractivity contribution in [2.24, 2.45) is 0 Å². The minimum absolute atomic E-state index is 0.119. The standard InChI is InChI=1S/C32H43F2N7O6/c1-31(2,3)47-30(44)40-14-13-22(25(17-40)46-6)36-27(42)19-11-12-21(24(15-19)45-5)37-29-35-16-23-26(38-29)41(20-9-7-8-10-20)18-32(33,34)28(43)39(23)4/h11-12,15-16,20,22,25H,7-10,13-14,17-18H2,1-6H3,(H,36,42)(H,35,37,38)/t22-,25+/m1/s1. The Bertz CT molecular complexity index is 1500. The molecule has 2 aliphatic heterocycles. The molecule has 15 heteroatoms. The number of anilines is 4. The molecule has 0 bridgehead atoms. The highest BCUT2D eigenvalue weighted by molar-refractivity contribution is 6.02. The van der Waals surface area contributed by atoms with Gasteiger partial charge in [-0.2, -0.15) is 13.8 Å². The first-order valence-corrected chi connectivity index (χ1v) is 15.8. The minimum Gasteiger partial charge on any atom is -0.495 e. The molecule has 0 spiro atoms. The van der Waals surface area contributed by atoms with E-state index >= 15 is 0 Å². The number of halogens is 2. The van der Waals surface area contributed by atoms with Crippen molar-refractivity contribution >= 4 is 41.0 Å². The zero-order valence-electron chi connectivity index (χ0n) is 27.6. The average Bonchev–Trinajstić information content (AvgIpc) is 3.55. The topological polar surface area (TPSA) is 138 Å². The number of alkyl halides is 2. The van der Waals surface area contributed by atoms with Gasteiger partial charge in [0.15, 0.2) is 5.82 Å². The molecule has 0 radical (unpaired) electrons. The number of methoxy groups -OCH3 is 2. The third-order valence-electron chi connectivity index (χ3n) is 8.68. The molecular formula is C32H43F2N7O6. The third-order valence-corrected chi connectivity index (χ3v) is 8.68. The molecule has 0 unspecified atom stereocenters. The number of amides is 3. The van der Waals surface area contributed by atoms with Crippen LogP contribution in [0, 0.1) is 0 Å². The maximum absolute atomic E-state index is 14.9. The van der Waals surface area contributed by atoms with E-state index in [9.17, 15) is 23.2 Å². The van der Waals surface area contributed by atoms with E-state index < -0.39 is 36.2 Å². The Kier molecular flexibility index (Phi) is 9.75. The molecule has 2 fully saturated rings. The number of aromatic nitrogens is 2. The van der Waals surface area contributed by atoms with Gasteiger partial charge < -0.3 is 39.5 Å². The van der Waals surface area contributed by atoms with Crippen LogP contribution in [0.15, 0.2) is 24.4 Å². The number of hydrogen-bond acceptors (Lipinski definition) is 10. The van der Waals surface area contributed by atoms with Crippen LogP contribution in [-0.2, 0) is 14.3 Å². The largest absolute Gasteiger partial charge is 0.495 e. The number of ether oxygens (including phenoxy) is 3. The highest BCUT2D eigenvalue weighted by Crippen LogP contribution is 2.40. The smallest absolute Gasteiger partial charge is 0.410 e. The van der Waals surface area contributed by atoms with Crippen molar-refractivity contribution in [2.45, 2.75) is 82.6 Å². The number of rotatable bonds is 7. The molecule has 3 amide bonds. The second-order valence-corrected chi connectivity index (χ2v) is 13.1. The Morgan fingerprint density at radius 1 is 1.11 bits per heavy atom. The Morgan fingerprint density at radius 3 is 2.49 bits per heavy atom. The maximum atomic E-state index is 14.9. The van der Waals surface area contributed by atoms with Gasteiger partial charge in [0.2, 0.25) is 5.95 Å². The van der Waals surface area contributed by atoms with Gasteiger partial charge in [-0.3, -0.25) is 9.59 Å². The van der Waals surface area contributed by atoms with Gasteiger partial charge in [0.05, 0.1) is 44.2 Å². The number of likely N-dealkylation sites (tertiary alicyclic amines) is 1. The number of carbonyl (C=O) groups excluding carboxylic acids is 3. The highest BCUT2D eigenvalue weighted by atomic mass is 19.3. The number of fused-ring (bicyclic) bond motifs is 1. The molecule has 13 nitrogen and oxygen atoms in total. The van der Waals surface area contributed by atoms with Crippen molar-refractivity contribution in [1.29, 1.82) is 0 Å². The molecule has 5 rings (SSSR count). The lowest BCUT2D eigenvalue weighted by Gasteiger charge is -2.38. The summed E-state index contributed by atoms with van der Waals surface area (Å²) in [5.74, 6) is -4.54. The van der Waals surface area contributed by atoms with Gasteiger partial charge in [-0.05, 0) is 58.2 Å². The van der Waals surface area contributed by atoms with Crippen molar-refractivity contribution in [2.75, 3.05) is 56.0 Å². The van der Waals surface area contributed by atoms with E-state index in [4.69, 9.17) is 14.2 Å². The lowest BCUT2D eigenvalue weighted by Crippen LogP contribution is -2.56. The molecule has 1 aromatic carbocycles. The van der Waals surface area contributed by atoms with Gasteiger partial charge in [0, 0.05) is 32.3 Å². The summed E-state index contributed by atoms with van der Waals surface area (Å²) in [4.78, 5) is 51.4. The summed E-state index contributed by atoms with van der Waals surface area (Å²) in [5, 5.41) is 6.09. The van der Waals surface area contributed by atoms with Gasteiger partial charge in [-0.1, -0.05) is 12.8 Å². The fraction of sp³-hybridized carbons (Fsp3) is 0.594. The number of nitrogens with zero attached hydrogens (tertiary/aromatic N) is 5. The average molecular weight is 660 g/mol. The normalized spacial score (nSPS) is 21.6. The fourth-order valence-electron chi connectivity index (χ4n) is 6.22. The Hall–Kier alpha value is -4.27. The summed E-state index contributed by atoms with van der Waals surface area (Å²) in [5.41, 5.74) is 0.352. The lowest BCUT2D eigenvalue weighted by molar-refractivity contribution is -0.140. The maximum Gasteiger partial charge on any atom is 0.410 e. The van der Waals surface area contributed by atoms with Crippen LogP contribution in [0.2, 0.25) is 0 Å². The zero-order valence-corrected chi connectivity index (χ0v) is 27.6. The van der Waals surface area contributed by atoms with Gasteiger partial charge >= 0.3 is 12.0 Å². The van der Waals surface area contributed by atoms with Crippen molar-refractivity contribution in [3.8, 4) is 5.75 Å². The summed E-state index contributed by atoms with van der Waals surface area (Å²) in [6, 6.07) is 4.30. The quantitative estimate of drug-likeness (QED) is 0.442. The van der Waals surface area contributed by atoms with E-state index in [1.165, 1.54) is 32.4 Å². The van der Waals surface area contributed by atoms with E-state index in [0.29, 0.717) is 30.0 Å². The SMILES string of the molecule is COc1cc(C(=O)N[C@@H]2CCN(C(=O)OC(C)(C)C)C[C@@H]2OC)ccc1Nc1ncc2c(n1)N(C1CCCC1)CC(F)(F)C(=O)N2C. The van der Waals surface area contributed by atoms with Crippen molar-refractivity contribution in [3.05, 3.63) is 30.0 Å². The van der Waals surface area contributed by atoms with Crippen LogP contribution in [-0.4, -0.2) is 103 Å². The van der Waals surface area contributed by atoms with E-state index in [1.54, 1.807) is 43.9 Å². The Morgan fingerprint density at radius 2 is 1.83 bits per heavy atom. The summed E-state index contributed by atoms with van der Waals surface area (Å²) in [6.07, 6.45) is 4.25. The molecule has 1 saturated carbocycles. The molecule has 47 heavy (non-hydrogen) atoms. The van der Waals surface area contributed by atoms with E-state index in [2.05, 4.69) is 20.6 Å². The third kappa shape index (κ3) is 7.50. The number of hydrogen-bond donors (Lipinski definition) is 2. The summed E-state index contributed by atoms with van der Waals surface area (Å²) in [7, 11) is 4.29. The van der Waals surface area contributed by atoms with Crippen molar-refractivity contribution in [3.63, 3.8) is 0 Å². The van der Waals surface area contributed by atoms with Gasteiger partial charge in [0.1, 0.15) is 17.0 Å².